The van der Waals surface area contributed by atoms with E-state index in [4.69, 9.17) is 9.47 Å². The Morgan fingerprint density at radius 3 is 2.57 bits per heavy atom. The number of hydrogen-bond donors (Lipinski definition) is 1. The summed E-state index contributed by atoms with van der Waals surface area (Å²) in [6, 6.07) is 8.35. The van der Waals surface area contributed by atoms with E-state index in [0.29, 0.717) is 30.3 Å². The highest BCUT2D eigenvalue weighted by Crippen LogP contribution is 2.32. The Labute approximate surface area is 134 Å². The highest BCUT2D eigenvalue weighted by atomic mass is 32.2. The summed E-state index contributed by atoms with van der Waals surface area (Å²) >= 11 is 0. The summed E-state index contributed by atoms with van der Waals surface area (Å²) in [5, 5.41) is 0. The van der Waals surface area contributed by atoms with Gasteiger partial charge < -0.3 is 9.47 Å². The number of sulfonamides is 1. The van der Waals surface area contributed by atoms with Crippen molar-refractivity contribution in [1.82, 2.24) is 0 Å². The third kappa shape index (κ3) is 3.39. The first-order chi connectivity index (χ1) is 11.0. The molecule has 3 rings (SSSR count). The van der Waals surface area contributed by atoms with Crippen molar-refractivity contribution in [3.63, 3.8) is 0 Å². The van der Waals surface area contributed by atoms with Crippen LogP contribution in [0.15, 0.2) is 41.3 Å². The average Bonchev–Trinajstić information content (AvgIpc) is 2.75. The second kappa shape index (κ2) is 6.08. The third-order valence-electron chi connectivity index (χ3n) is 3.47. The number of fused-ring (bicyclic) bond motifs is 1. The van der Waals surface area contributed by atoms with E-state index >= 15 is 0 Å². The van der Waals surface area contributed by atoms with Gasteiger partial charge in [-0.1, -0.05) is 6.07 Å². The van der Waals surface area contributed by atoms with Crippen molar-refractivity contribution >= 4 is 15.7 Å². The van der Waals surface area contributed by atoms with E-state index in [1.54, 1.807) is 13.0 Å². The Balaban J connectivity index is 1.93. The molecule has 0 unspecified atom stereocenters. The summed E-state index contributed by atoms with van der Waals surface area (Å²) in [7, 11) is -3.85. The minimum atomic E-state index is -3.85. The minimum absolute atomic E-state index is 0.0328. The van der Waals surface area contributed by atoms with Crippen LogP contribution in [0.4, 0.5) is 10.1 Å². The van der Waals surface area contributed by atoms with Gasteiger partial charge in [-0.05, 0) is 36.8 Å². The van der Waals surface area contributed by atoms with Gasteiger partial charge in [-0.3, -0.25) is 4.72 Å². The van der Waals surface area contributed by atoms with Crippen molar-refractivity contribution in [2.45, 2.75) is 18.2 Å². The summed E-state index contributed by atoms with van der Waals surface area (Å²) in [4.78, 5) is 0.0328. The Bertz CT molecular complexity index is 836. The fourth-order valence-electron chi connectivity index (χ4n) is 2.22. The quantitative estimate of drug-likeness (QED) is 0.935. The predicted octanol–water partition coefficient (Wildman–Crippen LogP) is 3.10. The molecule has 23 heavy (non-hydrogen) atoms. The molecule has 0 saturated carbocycles. The molecule has 122 valence electrons. The molecule has 7 heteroatoms. The van der Waals surface area contributed by atoms with Crippen LogP contribution in [0.5, 0.6) is 11.5 Å². The first-order valence-corrected chi connectivity index (χ1v) is 8.63. The zero-order valence-corrected chi connectivity index (χ0v) is 13.3. The molecule has 0 radical (unpaired) electrons. The van der Waals surface area contributed by atoms with Gasteiger partial charge >= 0.3 is 0 Å². The lowest BCUT2D eigenvalue weighted by Crippen LogP contribution is -2.14. The highest BCUT2D eigenvalue weighted by Gasteiger charge is 2.19. The Morgan fingerprint density at radius 2 is 1.78 bits per heavy atom. The summed E-state index contributed by atoms with van der Waals surface area (Å²) < 4.78 is 51.7. The lowest BCUT2D eigenvalue weighted by Gasteiger charge is -2.13. The van der Waals surface area contributed by atoms with Gasteiger partial charge in [0.05, 0.1) is 23.8 Å². The van der Waals surface area contributed by atoms with Crippen molar-refractivity contribution in [3.8, 4) is 11.5 Å². The fourth-order valence-corrected chi connectivity index (χ4v) is 3.36. The maximum Gasteiger partial charge on any atom is 0.262 e. The number of anilines is 1. The van der Waals surface area contributed by atoms with Crippen LogP contribution in [0.3, 0.4) is 0 Å². The van der Waals surface area contributed by atoms with Crippen molar-refractivity contribution < 1.29 is 22.3 Å². The normalized spacial score (nSPS) is 14.2. The Kier molecular flexibility index (Phi) is 4.12. The van der Waals surface area contributed by atoms with Crippen LogP contribution < -0.4 is 14.2 Å². The second-order valence-electron chi connectivity index (χ2n) is 5.22. The number of hydrogen-bond acceptors (Lipinski definition) is 4. The van der Waals surface area contributed by atoms with Gasteiger partial charge in [0.15, 0.2) is 11.5 Å². The maximum atomic E-state index is 13.3. The van der Waals surface area contributed by atoms with Gasteiger partial charge in [-0.15, -0.1) is 0 Å². The van der Waals surface area contributed by atoms with Crippen molar-refractivity contribution in [2.24, 2.45) is 0 Å². The molecule has 0 bridgehead atoms. The standard InChI is InChI=1S/C16H16FNO4S/c1-11-3-4-12(17)9-14(11)18-23(19,20)13-5-6-15-16(10-13)22-8-2-7-21-15/h3-6,9-10,18H,2,7-8H2,1H3. The number of halogens is 1. The third-order valence-corrected chi connectivity index (χ3v) is 4.84. The van der Waals surface area contributed by atoms with E-state index in [0.717, 1.165) is 12.5 Å². The van der Waals surface area contributed by atoms with Gasteiger partial charge in [-0.25, -0.2) is 12.8 Å². The summed E-state index contributed by atoms with van der Waals surface area (Å²) in [5.74, 6) is 0.400. The molecule has 0 saturated heterocycles. The first kappa shape index (κ1) is 15.6. The summed E-state index contributed by atoms with van der Waals surface area (Å²) in [6.45, 7) is 2.69. The van der Waals surface area contributed by atoms with E-state index in [1.807, 2.05) is 0 Å². The van der Waals surface area contributed by atoms with Crippen LogP contribution in [-0.2, 0) is 10.0 Å². The van der Waals surface area contributed by atoms with Crippen LogP contribution in [-0.4, -0.2) is 21.6 Å². The lowest BCUT2D eigenvalue weighted by atomic mass is 10.2. The van der Waals surface area contributed by atoms with Crippen LogP contribution in [0.2, 0.25) is 0 Å². The Morgan fingerprint density at radius 1 is 1.04 bits per heavy atom. The lowest BCUT2D eigenvalue weighted by molar-refractivity contribution is 0.297. The van der Waals surface area contributed by atoms with E-state index < -0.39 is 15.8 Å². The van der Waals surface area contributed by atoms with Crippen LogP contribution in [0.25, 0.3) is 0 Å². The number of ether oxygens (including phenoxy) is 2. The van der Waals surface area contributed by atoms with Crippen molar-refractivity contribution in [2.75, 3.05) is 17.9 Å². The van der Waals surface area contributed by atoms with Gasteiger partial charge in [-0.2, -0.15) is 0 Å². The largest absolute Gasteiger partial charge is 0.490 e. The van der Waals surface area contributed by atoms with Crippen LogP contribution in [0.1, 0.15) is 12.0 Å². The molecular formula is C16H16FNO4S. The molecular weight excluding hydrogens is 321 g/mol. The average molecular weight is 337 g/mol. The van der Waals surface area contributed by atoms with Crippen molar-refractivity contribution in [1.29, 1.82) is 0 Å². The maximum absolute atomic E-state index is 13.3. The number of rotatable bonds is 3. The summed E-state index contributed by atoms with van der Waals surface area (Å²) in [6.07, 6.45) is 0.734. The van der Waals surface area contributed by atoms with E-state index in [9.17, 15) is 12.8 Å². The molecule has 1 N–H and O–H groups in total. The molecule has 0 amide bonds. The first-order valence-electron chi connectivity index (χ1n) is 7.14. The predicted molar refractivity (Wildman–Crippen MR) is 84.0 cm³/mol. The molecule has 0 aliphatic carbocycles. The molecule has 0 atom stereocenters. The Hall–Kier alpha value is -2.28. The van der Waals surface area contributed by atoms with Gasteiger partial charge in [0, 0.05) is 12.5 Å². The molecule has 2 aromatic carbocycles. The fraction of sp³-hybridized carbons (Fsp3) is 0.250. The molecule has 1 aliphatic rings. The highest BCUT2D eigenvalue weighted by molar-refractivity contribution is 7.92. The van der Waals surface area contributed by atoms with Gasteiger partial charge in [0.2, 0.25) is 0 Å². The van der Waals surface area contributed by atoms with E-state index in [-0.39, 0.29) is 10.6 Å². The van der Waals surface area contributed by atoms with Gasteiger partial charge in [0.25, 0.3) is 10.0 Å². The van der Waals surface area contributed by atoms with Crippen LogP contribution in [0, 0.1) is 12.7 Å². The number of aryl methyl sites for hydroxylation is 1. The topological polar surface area (TPSA) is 64.6 Å². The summed E-state index contributed by atoms with van der Waals surface area (Å²) in [5.41, 5.74) is 0.835. The molecule has 1 heterocycles. The van der Waals surface area contributed by atoms with Gasteiger partial charge in [0.1, 0.15) is 5.82 Å². The molecule has 2 aromatic rings. The zero-order valence-electron chi connectivity index (χ0n) is 12.5. The van der Waals surface area contributed by atoms with Crippen LogP contribution >= 0.6 is 0 Å². The SMILES string of the molecule is Cc1ccc(F)cc1NS(=O)(=O)c1ccc2c(c1)OCCCO2. The monoisotopic (exact) mass is 337 g/mol. The molecule has 5 nitrogen and oxygen atoms in total. The second-order valence-corrected chi connectivity index (χ2v) is 6.91. The zero-order chi connectivity index (χ0) is 16.4. The number of nitrogens with one attached hydrogen (secondary N) is 1. The minimum Gasteiger partial charge on any atom is -0.490 e. The van der Waals surface area contributed by atoms with E-state index in [2.05, 4.69) is 4.72 Å². The molecule has 0 fully saturated rings. The number of benzene rings is 2. The van der Waals surface area contributed by atoms with Crippen molar-refractivity contribution in [3.05, 3.63) is 47.8 Å². The smallest absolute Gasteiger partial charge is 0.262 e. The molecule has 0 spiro atoms. The van der Waals surface area contributed by atoms with E-state index in [1.165, 1.54) is 24.3 Å². The molecule has 1 aliphatic heterocycles. The molecule has 0 aromatic heterocycles.